The number of likely N-dealkylation sites (tertiary alicyclic amines) is 1. The van der Waals surface area contributed by atoms with Gasteiger partial charge in [0.1, 0.15) is 6.67 Å². The highest BCUT2D eigenvalue weighted by Crippen LogP contribution is 2.65. The Morgan fingerprint density at radius 1 is 0.971 bits per heavy atom. The van der Waals surface area contributed by atoms with Crippen molar-refractivity contribution in [3.63, 3.8) is 0 Å². The van der Waals surface area contributed by atoms with Gasteiger partial charge in [-0.25, -0.2) is 0 Å². The van der Waals surface area contributed by atoms with Gasteiger partial charge in [-0.1, -0.05) is 39.7 Å². The van der Waals surface area contributed by atoms with E-state index in [0.717, 1.165) is 22.0 Å². The van der Waals surface area contributed by atoms with Crippen molar-refractivity contribution in [3.05, 3.63) is 74.7 Å². The van der Waals surface area contributed by atoms with Crippen LogP contribution in [0.1, 0.15) is 27.9 Å². The first-order valence-electron chi connectivity index (χ1n) is 11.6. The molecule has 0 N–H and O–H groups in total. The van der Waals surface area contributed by atoms with Crippen LogP contribution in [0.25, 0.3) is 0 Å². The lowest BCUT2D eigenvalue weighted by molar-refractivity contribution is -0.140. The van der Waals surface area contributed by atoms with Gasteiger partial charge >= 0.3 is 0 Å². The van der Waals surface area contributed by atoms with Crippen molar-refractivity contribution in [3.8, 4) is 0 Å². The lowest BCUT2D eigenvalue weighted by Gasteiger charge is -2.37. The zero-order valence-corrected chi connectivity index (χ0v) is 21.2. The molecule has 34 heavy (non-hydrogen) atoms. The molecule has 0 radical (unpaired) electrons. The fourth-order valence-electron chi connectivity index (χ4n) is 6.36. The Balaban J connectivity index is 1.38. The number of hydrogen-bond acceptors (Lipinski definition) is 3. The number of amides is 3. The third kappa shape index (κ3) is 3.14. The number of benzene rings is 2. The number of carbonyl (C=O) groups excluding carboxylic acids is 3. The maximum atomic E-state index is 13.7. The number of carbonyl (C=O) groups is 3. The highest BCUT2D eigenvalue weighted by Gasteiger charge is 2.67. The largest absolute Gasteiger partial charge is 0.289 e. The number of allylic oxidation sites excluding steroid dienone is 2. The molecule has 7 heteroatoms. The van der Waals surface area contributed by atoms with E-state index in [2.05, 4.69) is 28.1 Å². The number of hydrogen-bond donors (Lipinski definition) is 0. The highest BCUT2D eigenvalue weighted by atomic mass is 79.9. The first kappa shape index (κ1) is 22.1. The van der Waals surface area contributed by atoms with Crippen molar-refractivity contribution in [1.29, 1.82) is 0 Å². The van der Waals surface area contributed by atoms with Crippen molar-refractivity contribution in [2.24, 2.45) is 35.5 Å². The molecule has 2 bridgehead atoms. The molecule has 0 aromatic heterocycles. The van der Waals surface area contributed by atoms with Crippen LogP contribution in [0.3, 0.4) is 0 Å². The maximum Gasteiger partial charge on any atom is 0.259 e. The number of halogens is 2. The van der Waals surface area contributed by atoms with Crippen LogP contribution in [0.2, 0.25) is 5.02 Å². The summed E-state index contributed by atoms with van der Waals surface area (Å²) < 4.78 is 0.939. The quantitative estimate of drug-likeness (QED) is 0.387. The van der Waals surface area contributed by atoms with Crippen LogP contribution in [0.5, 0.6) is 0 Å². The first-order valence-corrected chi connectivity index (χ1v) is 12.8. The summed E-state index contributed by atoms with van der Waals surface area (Å²) in [5.74, 6) is 0.253. The normalized spacial score (nSPS) is 30.4. The summed E-state index contributed by atoms with van der Waals surface area (Å²) in [7, 11) is 0. The molecule has 2 saturated carbocycles. The third-order valence-electron chi connectivity index (χ3n) is 8.36. The van der Waals surface area contributed by atoms with Gasteiger partial charge in [0.2, 0.25) is 11.8 Å². The van der Waals surface area contributed by atoms with Gasteiger partial charge in [-0.05, 0) is 91.5 Å². The molecule has 1 aliphatic heterocycles. The van der Waals surface area contributed by atoms with E-state index in [1.54, 1.807) is 29.2 Å². The van der Waals surface area contributed by atoms with Gasteiger partial charge in [-0.15, -0.1) is 0 Å². The second-order valence-electron chi connectivity index (χ2n) is 9.96. The van der Waals surface area contributed by atoms with E-state index < -0.39 is 0 Å². The minimum Gasteiger partial charge on any atom is -0.289 e. The van der Waals surface area contributed by atoms with Crippen LogP contribution in [0, 0.1) is 49.4 Å². The third-order valence-corrected chi connectivity index (χ3v) is 9.47. The molecule has 174 valence electrons. The Morgan fingerprint density at radius 3 is 2.15 bits per heavy atom. The van der Waals surface area contributed by atoms with Gasteiger partial charge in [0, 0.05) is 20.7 Å². The van der Waals surface area contributed by atoms with Crippen molar-refractivity contribution in [1.82, 2.24) is 4.90 Å². The van der Waals surface area contributed by atoms with Gasteiger partial charge in [-0.3, -0.25) is 24.2 Å². The molecular weight excluding hydrogens is 516 g/mol. The lowest BCUT2D eigenvalue weighted by Crippen LogP contribution is -2.45. The second-order valence-corrected chi connectivity index (χ2v) is 11.2. The van der Waals surface area contributed by atoms with Gasteiger partial charge in [0.25, 0.3) is 5.91 Å². The van der Waals surface area contributed by atoms with E-state index in [1.165, 1.54) is 4.90 Å². The summed E-state index contributed by atoms with van der Waals surface area (Å²) in [5.41, 5.74) is 3.04. The summed E-state index contributed by atoms with van der Waals surface area (Å²) in [6.45, 7) is 3.83. The molecule has 2 aromatic carbocycles. The van der Waals surface area contributed by atoms with E-state index >= 15 is 0 Å². The number of rotatable bonds is 4. The van der Waals surface area contributed by atoms with Crippen molar-refractivity contribution < 1.29 is 14.4 Å². The zero-order valence-electron chi connectivity index (χ0n) is 18.9. The van der Waals surface area contributed by atoms with Crippen molar-refractivity contribution in [2.75, 3.05) is 11.6 Å². The van der Waals surface area contributed by atoms with Gasteiger partial charge < -0.3 is 0 Å². The number of anilines is 1. The smallest absolute Gasteiger partial charge is 0.259 e. The minimum absolute atomic E-state index is 0.0944. The fourth-order valence-corrected chi connectivity index (χ4v) is 6.92. The van der Waals surface area contributed by atoms with E-state index in [1.807, 2.05) is 26.0 Å². The van der Waals surface area contributed by atoms with Crippen molar-refractivity contribution in [2.45, 2.75) is 20.3 Å². The van der Waals surface area contributed by atoms with Gasteiger partial charge in [0.05, 0.1) is 11.8 Å². The molecule has 6 atom stereocenters. The predicted molar refractivity (Wildman–Crippen MR) is 133 cm³/mol. The van der Waals surface area contributed by atoms with Crippen LogP contribution in [0.15, 0.2) is 53.0 Å². The summed E-state index contributed by atoms with van der Waals surface area (Å²) >= 11 is 9.59. The average Bonchev–Trinajstić information content (AvgIpc) is 3.62. The Morgan fingerprint density at radius 2 is 1.56 bits per heavy atom. The molecule has 4 aliphatic carbocycles. The van der Waals surface area contributed by atoms with E-state index in [-0.39, 0.29) is 48.1 Å². The fraction of sp³-hybridized carbons (Fsp3) is 0.370. The molecule has 3 fully saturated rings. The Labute approximate surface area is 211 Å². The molecule has 6 unspecified atom stereocenters. The lowest BCUT2D eigenvalue weighted by atomic mass is 9.63. The molecule has 3 amide bonds. The van der Waals surface area contributed by atoms with Gasteiger partial charge in [-0.2, -0.15) is 0 Å². The molecule has 2 aromatic rings. The molecular formula is C27H24BrClN2O3. The SMILES string of the molecule is Cc1c(Br)ccc(N(CN2C(=O)C3C4C=CC(C5CC45)C3C2=O)C(=O)c2ccc(Cl)cc2)c1C. The van der Waals surface area contributed by atoms with Crippen LogP contribution in [-0.2, 0) is 9.59 Å². The summed E-state index contributed by atoms with van der Waals surface area (Å²) in [6, 6.07) is 10.4. The van der Waals surface area contributed by atoms with Gasteiger partial charge in [0.15, 0.2) is 0 Å². The van der Waals surface area contributed by atoms with Crippen LogP contribution >= 0.6 is 27.5 Å². The Bertz CT molecular complexity index is 1240. The monoisotopic (exact) mass is 538 g/mol. The minimum atomic E-state index is -0.286. The zero-order chi connectivity index (χ0) is 23.9. The average molecular weight is 540 g/mol. The number of nitrogens with zero attached hydrogens (tertiary/aromatic N) is 2. The number of imide groups is 1. The molecule has 1 heterocycles. The van der Waals surface area contributed by atoms with Crippen LogP contribution < -0.4 is 4.90 Å². The molecule has 5 aliphatic rings. The van der Waals surface area contributed by atoms with E-state index in [9.17, 15) is 14.4 Å². The molecule has 1 saturated heterocycles. The topological polar surface area (TPSA) is 57.7 Å². The predicted octanol–water partition coefficient (Wildman–Crippen LogP) is 5.38. The van der Waals surface area contributed by atoms with E-state index in [0.29, 0.717) is 28.1 Å². The molecule has 0 spiro atoms. The Hall–Kier alpha value is -2.44. The second kappa shape index (κ2) is 7.79. The highest BCUT2D eigenvalue weighted by molar-refractivity contribution is 9.10. The summed E-state index contributed by atoms with van der Waals surface area (Å²) in [5, 5.41) is 0.536. The van der Waals surface area contributed by atoms with Crippen molar-refractivity contribution >= 4 is 50.9 Å². The Kier molecular flexibility index (Phi) is 5.05. The standard InChI is InChI=1S/C27H24BrClN2O3/c1-13-14(2)22(10-9-21(13)28)30(25(32)15-3-5-16(29)6-4-15)12-31-26(33)23-17-7-8-18(20-11-19(17)20)24(23)27(31)34/h3-10,17-20,23-24H,11-12H2,1-2H3. The molecule has 7 rings (SSSR count). The summed E-state index contributed by atoms with van der Waals surface area (Å²) in [6.07, 6.45) is 5.44. The first-order chi connectivity index (χ1) is 16.3. The molecule has 5 nitrogen and oxygen atoms in total. The van der Waals surface area contributed by atoms with Crippen LogP contribution in [-0.4, -0.2) is 29.3 Å². The van der Waals surface area contributed by atoms with Crippen LogP contribution in [0.4, 0.5) is 5.69 Å². The van der Waals surface area contributed by atoms with E-state index in [4.69, 9.17) is 11.6 Å². The summed E-state index contributed by atoms with van der Waals surface area (Å²) in [4.78, 5) is 43.8. The maximum absolute atomic E-state index is 13.7.